The van der Waals surface area contributed by atoms with Crippen molar-refractivity contribution < 1.29 is 37.3 Å². The van der Waals surface area contributed by atoms with Gasteiger partial charge in [0.15, 0.2) is 5.54 Å². The van der Waals surface area contributed by atoms with Crippen LogP contribution in [-0.2, 0) is 9.53 Å². The number of hydrogen-bond acceptors (Lipinski definition) is 4. The molecule has 0 aliphatic heterocycles. The normalized spacial score (nSPS) is 14.1. The Morgan fingerprint density at radius 3 is 2.52 bits per heavy atom. The summed E-state index contributed by atoms with van der Waals surface area (Å²) in [6.07, 6.45) is -4.83. The van der Waals surface area contributed by atoms with E-state index in [0.717, 1.165) is 12.1 Å². The summed E-state index contributed by atoms with van der Waals surface area (Å²) in [6.45, 7) is 1.01. The van der Waals surface area contributed by atoms with Crippen molar-refractivity contribution in [2.24, 2.45) is 0 Å². The minimum absolute atomic E-state index is 0.0114. The van der Waals surface area contributed by atoms with Gasteiger partial charge in [-0.05, 0) is 25.1 Å². The lowest BCUT2D eigenvalue weighted by Crippen LogP contribution is -2.55. The van der Waals surface area contributed by atoms with Crippen LogP contribution < -0.4 is 10.1 Å². The van der Waals surface area contributed by atoms with Crippen molar-refractivity contribution >= 4 is 22.8 Å². The maximum atomic E-state index is 12.3. The number of fused-ring (bicyclic) bond motifs is 1. The molecule has 0 bridgehead atoms. The lowest BCUT2D eigenvalue weighted by Gasteiger charge is -2.24. The van der Waals surface area contributed by atoms with Gasteiger partial charge in [0.2, 0.25) is 0 Å². The number of aliphatic carboxylic acids is 1. The van der Waals surface area contributed by atoms with E-state index in [4.69, 9.17) is 4.74 Å². The van der Waals surface area contributed by atoms with Gasteiger partial charge in [-0.25, -0.2) is 4.79 Å². The van der Waals surface area contributed by atoms with Crippen LogP contribution in [0.4, 0.5) is 13.2 Å². The van der Waals surface area contributed by atoms with E-state index in [1.165, 1.54) is 26.2 Å². The molecule has 3 N–H and O–H groups in total. The Labute approximate surface area is 139 Å². The van der Waals surface area contributed by atoms with E-state index >= 15 is 0 Å². The van der Waals surface area contributed by atoms with Crippen molar-refractivity contribution in [2.75, 3.05) is 13.7 Å². The number of carbonyl (C=O) groups is 2. The number of halogens is 3. The summed E-state index contributed by atoms with van der Waals surface area (Å²) in [5.74, 6) is -2.47. The van der Waals surface area contributed by atoms with Gasteiger partial charge in [-0.2, -0.15) is 0 Å². The molecule has 0 aliphatic carbocycles. The maximum Gasteiger partial charge on any atom is 0.573 e. The summed E-state index contributed by atoms with van der Waals surface area (Å²) in [5, 5.41) is 12.0. The third kappa shape index (κ3) is 4.41. The summed E-state index contributed by atoms with van der Waals surface area (Å²) in [4.78, 5) is 26.2. The highest BCUT2D eigenvalue weighted by Crippen LogP contribution is 2.26. The molecular formula is C15H15F3N2O5. The van der Waals surface area contributed by atoms with E-state index in [-0.39, 0.29) is 17.8 Å². The minimum atomic E-state index is -4.83. The zero-order valence-electron chi connectivity index (χ0n) is 13.2. The van der Waals surface area contributed by atoms with E-state index in [9.17, 15) is 27.9 Å². The van der Waals surface area contributed by atoms with Gasteiger partial charge in [-0.15, -0.1) is 13.2 Å². The molecular weight excluding hydrogens is 345 g/mol. The first-order valence-electron chi connectivity index (χ1n) is 6.97. The monoisotopic (exact) mass is 360 g/mol. The van der Waals surface area contributed by atoms with Crippen molar-refractivity contribution in [3.63, 3.8) is 0 Å². The molecule has 25 heavy (non-hydrogen) atoms. The molecule has 0 saturated heterocycles. The van der Waals surface area contributed by atoms with Gasteiger partial charge in [0.1, 0.15) is 11.4 Å². The number of H-pyrrole nitrogens is 1. The second-order valence-corrected chi connectivity index (χ2v) is 5.50. The fraction of sp³-hybridized carbons (Fsp3) is 0.333. The molecule has 1 aromatic heterocycles. The molecule has 0 fully saturated rings. The molecule has 1 amide bonds. The number of benzene rings is 1. The fourth-order valence-corrected chi connectivity index (χ4v) is 2.18. The number of aromatic amines is 1. The lowest BCUT2D eigenvalue weighted by atomic mass is 10.0. The number of carbonyl (C=O) groups excluding carboxylic acids is 1. The van der Waals surface area contributed by atoms with E-state index in [1.54, 1.807) is 0 Å². The van der Waals surface area contributed by atoms with Crippen LogP contribution in [0, 0.1) is 0 Å². The van der Waals surface area contributed by atoms with Gasteiger partial charge in [0.25, 0.3) is 5.91 Å². The van der Waals surface area contributed by atoms with E-state index in [2.05, 4.69) is 15.0 Å². The molecule has 1 unspecified atom stereocenters. The summed E-state index contributed by atoms with van der Waals surface area (Å²) >= 11 is 0. The highest BCUT2D eigenvalue weighted by atomic mass is 19.4. The lowest BCUT2D eigenvalue weighted by molar-refractivity contribution is -0.274. The molecule has 2 rings (SSSR count). The molecule has 10 heteroatoms. The number of hydrogen-bond donors (Lipinski definition) is 3. The molecule has 1 atom stereocenters. The van der Waals surface area contributed by atoms with Crippen LogP contribution in [0.25, 0.3) is 10.9 Å². The second kappa shape index (κ2) is 6.63. The third-order valence-corrected chi connectivity index (χ3v) is 3.37. The second-order valence-electron chi connectivity index (χ2n) is 5.50. The summed E-state index contributed by atoms with van der Waals surface area (Å²) in [5.41, 5.74) is -1.44. The van der Waals surface area contributed by atoms with Crippen molar-refractivity contribution in [3.8, 4) is 5.75 Å². The molecule has 1 aromatic carbocycles. The van der Waals surface area contributed by atoms with Crippen LogP contribution in [0.2, 0.25) is 0 Å². The summed E-state index contributed by atoms with van der Waals surface area (Å²) < 4.78 is 45.3. The molecule has 0 saturated carbocycles. The van der Waals surface area contributed by atoms with Crippen molar-refractivity contribution in [1.82, 2.24) is 10.3 Å². The van der Waals surface area contributed by atoms with E-state index < -0.39 is 29.5 Å². The number of carboxylic acids is 1. The Morgan fingerprint density at radius 2 is 1.96 bits per heavy atom. The average Bonchev–Trinajstić information content (AvgIpc) is 2.88. The van der Waals surface area contributed by atoms with Crippen LogP contribution >= 0.6 is 0 Å². The van der Waals surface area contributed by atoms with Crippen molar-refractivity contribution in [3.05, 3.63) is 30.0 Å². The highest BCUT2D eigenvalue weighted by Gasteiger charge is 2.35. The number of nitrogens with one attached hydrogen (secondary N) is 2. The van der Waals surface area contributed by atoms with E-state index in [0.29, 0.717) is 5.39 Å². The first-order chi connectivity index (χ1) is 11.5. The molecule has 136 valence electrons. The van der Waals surface area contributed by atoms with Gasteiger partial charge >= 0.3 is 12.3 Å². The average molecular weight is 360 g/mol. The Kier molecular flexibility index (Phi) is 4.93. The van der Waals surface area contributed by atoms with Crippen molar-refractivity contribution in [1.29, 1.82) is 0 Å². The first kappa shape index (κ1) is 18.6. The Bertz CT molecular complexity index is 802. The number of methoxy groups -OCH3 is 1. The van der Waals surface area contributed by atoms with Gasteiger partial charge in [-0.1, -0.05) is 0 Å². The predicted octanol–water partition coefficient (Wildman–Crippen LogP) is 2.29. The summed E-state index contributed by atoms with van der Waals surface area (Å²) in [6, 6.07) is 4.93. The number of rotatable bonds is 6. The van der Waals surface area contributed by atoms with Crippen LogP contribution in [-0.4, -0.2) is 47.6 Å². The third-order valence-electron chi connectivity index (χ3n) is 3.37. The van der Waals surface area contributed by atoms with Gasteiger partial charge in [-0.3, -0.25) is 4.79 Å². The number of carboxylic acid groups (broad SMARTS) is 1. The number of ether oxygens (including phenoxy) is 2. The molecule has 0 spiro atoms. The van der Waals surface area contributed by atoms with Crippen LogP contribution in [0.1, 0.15) is 17.4 Å². The van der Waals surface area contributed by atoms with Crippen LogP contribution in [0.15, 0.2) is 24.3 Å². The van der Waals surface area contributed by atoms with Crippen molar-refractivity contribution in [2.45, 2.75) is 18.8 Å². The topological polar surface area (TPSA) is 101 Å². The smallest absolute Gasteiger partial charge is 0.479 e. The maximum absolute atomic E-state index is 12.3. The Hall–Kier alpha value is -2.75. The van der Waals surface area contributed by atoms with Gasteiger partial charge in [0, 0.05) is 24.1 Å². The standard InChI is InChI=1S/C15H15F3N2O5/c1-14(7-24-2,13(22)23)20-12(21)11-5-8-3-4-9(6-10(8)19-11)25-15(16,17)18/h3-6,19H,7H2,1-2H3,(H,20,21)(H,22,23). The number of alkyl halides is 3. The SMILES string of the molecule is COCC(C)(NC(=O)c1cc2ccc(OC(F)(F)F)cc2[nH]1)C(=O)O. The van der Waals surface area contributed by atoms with Gasteiger partial charge < -0.3 is 24.9 Å². The van der Waals surface area contributed by atoms with Gasteiger partial charge in [0.05, 0.1) is 6.61 Å². The van der Waals surface area contributed by atoms with Crippen LogP contribution in [0.3, 0.4) is 0 Å². The highest BCUT2D eigenvalue weighted by molar-refractivity contribution is 6.00. The molecule has 1 heterocycles. The van der Waals surface area contributed by atoms with Crippen LogP contribution in [0.5, 0.6) is 5.75 Å². The zero-order valence-corrected chi connectivity index (χ0v) is 13.2. The summed E-state index contributed by atoms with van der Waals surface area (Å²) in [7, 11) is 1.29. The molecule has 2 aromatic rings. The molecule has 0 radical (unpaired) electrons. The quantitative estimate of drug-likeness (QED) is 0.734. The first-order valence-corrected chi connectivity index (χ1v) is 6.97. The predicted molar refractivity (Wildman–Crippen MR) is 80.4 cm³/mol. The Balaban J connectivity index is 2.26. The number of aromatic nitrogens is 1. The van der Waals surface area contributed by atoms with E-state index in [1.807, 2.05) is 0 Å². The molecule has 0 aliphatic rings. The molecule has 7 nitrogen and oxygen atoms in total. The number of amides is 1. The minimum Gasteiger partial charge on any atom is -0.479 e. The zero-order chi connectivity index (χ0) is 18.8. The Morgan fingerprint density at radius 1 is 1.28 bits per heavy atom. The largest absolute Gasteiger partial charge is 0.573 e. The fourth-order valence-electron chi connectivity index (χ4n) is 2.18.